The molecule has 4 nitrogen and oxygen atoms in total. The van der Waals surface area contributed by atoms with Gasteiger partial charge in [0.2, 0.25) is 0 Å². The number of rotatable bonds is 1. The van der Waals surface area contributed by atoms with Crippen LogP contribution in [0.25, 0.3) is 0 Å². The predicted octanol–water partition coefficient (Wildman–Crippen LogP) is 0.248. The van der Waals surface area contributed by atoms with E-state index in [1.807, 2.05) is 0 Å². The number of benzene rings is 1. The highest BCUT2D eigenvalue weighted by atomic mass is 32.2. The monoisotopic (exact) mass is 194 g/mol. The fraction of sp³-hybridized carbons (Fsp3) is 0. The first kappa shape index (κ1) is 11.0. The van der Waals surface area contributed by atoms with Crippen molar-refractivity contribution in [1.29, 1.82) is 0 Å². The molecule has 0 atom stereocenters. The summed E-state index contributed by atoms with van der Waals surface area (Å²) in [6.07, 6.45) is 0. The van der Waals surface area contributed by atoms with Crippen LogP contribution in [0.5, 0.6) is 0 Å². The van der Waals surface area contributed by atoms with Gasteiger partial charge in [-0.05, 0) is 24.3 Å². The zero-order valence-electron chi connectivity index (χ0n) is 5.86. The van der Waals surface area contributed by atoms with Gasteiger partial charge < -0.3 is 5.48 Å². The van der Waals surface area contributed by atoms with Crippen molar-refractivity contribution in [3.8, 4) is 0 Å². The number of hydrogen-bond donors (Lipinski definition) is 1. The van der Waals surface area contributed by atoms with Crippen molar-refractivity contribution >= 4 is 10.1 Å². The highest BCUT2D eigenvalue weighted by Gasteiger charge is 2.07. The Balaban J connectivity index is 0.00000121. The van der Waals surface area contributed by atoms with E-state index in [0.29, 0.717) is 0 Å². The summed E-state index contributed by atoms with van der Waals surface area (Å²) >= 11 is 0. The minimum absolute atomic E-state index is 0. The lowest BCUT2D eigenvalue weighted by Gasteiger charge is -1.93. The van der Waals surface area contributed by atoms with Crippen LogP contribution in [-0.4, -0.2) is 18.4 Å². The summed E-state index contributed by atoms with van der Waals surface area (Å²) in [4.78, 5) is -0.307. The van der Waals surface area contributed by atoms with Gasteiger partial charge in [0.05, 0.1) is 4.90 Å². The molecule has 0 spiro atoms. The predicted molar refractivity (Wildman–Crippen MR) is 39.8 cm³/mol. The second kappa shape index (κ2) is 3.61. The summed E-state index contributed by atoms with van der Waals surface area (Å²) in [7, 11) is -4.19. The van der Waals surface area contributed by atoms with E-state index in [-0.39, 0.29) is 10.4 Å². The molecule has 68 valence electrons. The maximum atomic E-state index is 12.2. The molecular weight excluding hydrogens is 187 g/mol. The Morgan fingerprint density at radius 3 is 1.92 bits per heavy atom. The molecule has 0 heterocycles. The first-order chi connectivity index (χ1) is 5.00. The lowest BCUT2D eigenvalue weighted by molar-refractivity contribution is 0.483. The molecule has 0 saturated heterocycles. The van der Waals surface area contributed by atoms with Crippen LogP contribution in [0.4, 0.5) is 4.39 Å². The Hall–Kier alpha value is -0.980. The van der Waals surface area contributed by atoms with Crippen molar-refractivity contribution in [3.05, 3.63) is 30.1 Å². The zero-order chi connectivity index (χ0) is 8.48. The summed E-state index contributed by atoms with van der Waals surface area (Å²) in [6, 6.07) is 3.90. The van der Waals surface area contributed by atoms with Crippen LogP contribution < -0.4 is 0 Å². The molecule has 1 aromatic carbocycles. The van der Waals surface area contributed by atoms with E-state index in [4.69, 9.17) is 4.55 Å². The third-order valence-electron chi connectivity index (χ3n) is 1.11. The normalized spacial score (nSPS) is 10.5. The first-order valence-corrected chi connectivity index (χ1v) is 4.17. The molecule has 1 aromatic rings. The summed E-state index contributed by atoms with van der Waals surface area (Å²) in [5, 5.41) is 0. The molecule has 0 bridgehead atoms. The maximum Gasteiger partial charge on any atom is 0.294 e. The van der Waals surface area contributed by atoms with Gasteiger partial charge in [-0.15, -0.1) is 0 Å². The van der Waals surface area contributed by atoms with Gasteiger partial charge >= 0.3 is 0 Å². The van der Waals surface area contributed by atoms with Crippen molar-refractivity contribution in [1.82, 2.24) is 0 Å². The molecule has 0 radical (unpaired) electrons. The van der Waals surface area contributed by atoms with Gasteiger partial charge in [-0.1, -0.05) is 0 Å². The topological polar surface area (TPSA) is 85.9 Å². The molecule has 0 saturated carbocycles. The van der Waals surface area contributed by atoms with E-state index in [9.17, 15) is 12.8 Å². The molecule has 6 heteroatoms. The lowest BCUT2D eigenvalue weighted by Crippen LogP contribution is -1.97. The molecule has 0 amide bonds. The second-order valence-electron chi connectivity index (χ2n) is 1.93. The Kier molecular flexibility index (Phi) is 3.32. The first-order valence-electron chi connectivity index (χ1n) is 2.73. The molecule has 1 rings (SSSR count). The molecule has 0 aliphatic heterocycles. The molecule has 0 aliphatic rings. The minimum atomic E-state index is -4.19. The van der Waals surface area contributed by atoms with E-state index in [2.05, 4.69) is 0 Å². The van der Waals surface area contributed by atoms with Gasteiger partial charge in [0, 0.05) is 0 Å². The van der Waals surface area contributed by atoms with Crippen LogP contribution >= 0.6 is 0 Å². The summed E-state index contributed by atoms with van der Waals surface area (Å²) < 4.78 is 41.4. The highest BCUT2D eigenvalue weighted by Crippen LogP contribution is 2.08. The van der Waals surface area contributed by atoms with Crippen molar-refractivity contribution < 1.29 is 22.8 Å². The van der Waals surface area contributed by atoms with Gasteiger partial charge in [-0.25, -0.2) is 4.39 Å². The number of hydrogen-bond acceptors (Lipinski definition) is 2. The van der Waals surface area contributed by atoms with E-state index in [1.54, 1.807) is 0 Å². The Bertz CT molecular complexity index is 342. The molecule has 0 fully saturated rings. The largest absolute Gasteiger partial charge is 0.412 e. The molecule has 0 aromatic heterocycles. The van der Waals surface area contributed by atoms with Crippen molar-refractivity contribution in [2.24, 2.45) is 0 Å². The van der Waals surface area contributed by atoms with Gasteiger partial charge in [-0.2, -0.15) is 8.42 Å². The second-order valence-corrected chi connectivity index (χ2v) is 3.35. The summed E-state index contributed by atoms with van der Waals surface area (Å²) in [6.45, 7) is 0. The van der Waals surface area contributed by atoms with Gasteiger partial charge in [0.1, 0.15) is 5.82 Å². The van der Waals surface area contributed by atoms with E-state index < -0.39 is 15.9 Å². The molecule has 0 aliphatic carbocycles. The van der Waals surface area contributed by atoms with Crippen LogP contribution in [0, 0.1) is 5.82 Å². The van der Waals surface area contributed by atoms with E-state index >= 15 is 0 Å². The summed E-state index contributed by atoms with van der Waals surface area (Å²) in [5.74, 6) is -0.544. The van der Waals surface area contributed by atoms with Gasteiger partial charge in [0.25, 0.3) is 10.1 Å². The maximum absolute atomic E-state index is 12.2. The van der Waals surface area contributed by atoms with Crippen LogP contribution in [0.15, 0.2) is 29.2 Å². The molecule has 3 N–H and O–H groups in total. The lowest BCUT2D eigenvalue weighted by atomic mass is 10.4. The van der Waals surface area contributed by atoms with Gasteiger partial charge in [0.15, 0.2) is 0 Å². The summed E-state index contributed by atoms with van der Waals surface area (Å²) in [5.41, 5.74) is 0. The fourth-order valence-corrected chi connectivity index (χ4v) is 1.09. The molecule has 12 heavy (non-hydrogen) atoms. The third kappa shape index (κ3) is 2.57. The average Bonchev–Trinajstić information content (AvgIpc) is 1.86. The number of halogens is 1. The van der Waals surface area contributed by atoms with E-state index in [1.165, 1.54) is 0 Å². The molecule has 0 unspecified atom stereocenters. The smallest absolute Gasteiger partial charge is 0.294 e. The van der Waals surface area contributed by atoms with Gasteiger partial charge in [-0.3, -0.25) is 4.55 Å². The van der Waals surface area contributed by atoms with E-state index in [0.717, 1.165) is 24.3 Å². The Labute approximate surface area is 68.7 Å². The SMILES string of the molecule is O.O=S(=O)(O)c1ccc(F)cc1. The van der Waals surface area contributed by atoms with Crippen LogP contribution in [0.2, 0.25) is 0 Å². The Morgan fingerprint density at radius 1 is 1.17 bits per heavy atom. The quantitative estimate of drug-likeness (QED) is 0.650. The fourth-order valence-electron chi connectivity index (χ4n) is 0.607. The third-order valence-corrected chi connectivity index (χ3v) is 1.98. The Morgan fingerprint density at radius 2 is 1.58 bits per heavy atom. The standard InChI is InChI=1S/C6H5FO3S.H2O/c7-5-1-3-6(4-2-5)11(8,9)10;/h1-4H,(H,8,9,10);1H2. The van der Waals surface area contributed by atoms with Crippen molar-refractivity contribution in [2.45, 2.75) is 4.90 Å². The van der Waals surface area contributed by atoms with Crippen LogP contribution in [0.1, 0.15) is 0 Å². The highest BCUT2D eigenvalue weighted by molar-refractivity contribution is 7.85. The minimum Gasteiger partial charge on any atom is -0.412 e. The van der Waals surface area contributed by atoms with Crippen molar-refractivity contribution in [3.63, 3.8) is 0 Å². The zero-order valence-corrected chi connectivity index (χ0v) is 6.68. The molecular formula is C6H7FO4S. The van der Waals surface area contributed by atoms with Crippen molar-refractivity contribution in [2.75, 3.05) is 0 Å². The van der Waals surface area contributed by atoms with Crippen LogP contribution in [-0.2, 0) is 10.1 Å². The van der Waals surface area contributed by atoms with Crippen LogP contribution in [0.3, 0.4) is 0 Å². The average molecular weight is 194 g/mol.